The molecule has 1 aliphatic rings. The van der Waals surface area contributed by atoms with Crippen molar-refractivity contribution in [2.45, 2.75) is 25.4 Å². The van der Waals surface area contributed by atoms with Gasteiger partial charge in [-0.25, -0.2) is 4.98 Å². The van der Waals surface area contributed by atoms with Gasteiger partial charge in [0.05, 0.1) is 0 Å². The lowest BCUT2D eigenvalue weighted by atomic mass is 10.0. The molecule has 21 heavy (non-hydrogen) atoms. The Morgan fingerprint density at radius 2 is 2.00 bits per heavy atom. The topological polar surface area (TPSA) is 45.4 Å². The molecule has 2 heterocycles. The van der Waals surface area contributed by atoms with Gasteiger partial charge in [-0.2, -0.15) is 0 Å². The average molecular weight is 302 g/mol. The van der Waals surface area contributed by atoms with Crippen LogP contribution < -0.4 is 10.6 Å². The molecule has 0 amide bonds. The van der Waals surface area contributed by atoms with E-state index in [1.54, 1.807) is 11.3 Å². The normalized spacial score (nSPS) is 17.0. The molecular formula is C16H22N4S. The van der Waals surface area contributed by atoms with Crippen LogP contribution in [0.5, 0.6) is 0 Å². The molecule has 5 heteroatoms. The minimum absolute atomic E-state index is 0.634. The number of likely N-dealkylation sites (tertiary alicyclic amines) is 1. The molecule has 112 valence electrons. The molecule has 0 radical (unpaired) electrons. The molecule has 0 atom stereocenters. The zero-order chi connectivity index (χ0) is 14.7. The number of nitrogens with zero attached hydrogens (tertiary/aromatic N) is 3. The van der Waals surface area contributed by atoms with Crippen molar-refractivity contribution < 1.29 is 0 Å². The highest BCUT2D eigenvalue weighted by Gasteiger charge is 2.23. The number of benzene rings is 1. The third kappa shape index (κ3) is 3.54. The van der Waals surface area contributed by atoms with Crippen LogP contribution in [0.15, 0.2) is 36.5 Å². The average Bonchev–Trinajstić information content (AvgIpc) is 2.93. The summed E-state index contributed by atoms with van der Waals surface area (Å²) in [5, 5.41) is 0.670. The van der Waals surface area contributed by atoms with Crippen LogP contribution in [0.3, 0.4) is 0 Å². The minimum Gasteiger partial charge on any atom is -0.375 e. The van der Waals surface area contributed by atoms with Crippen LogP contribution >= 0.6 is 11.3 Å². The van der Waals surface area contributed by atoms with Crippen molar-refractivity contribution in [2.75, 3.05) is 30.8 Å². The summed E-state index contributed by atoms with van der Waals surface area (Å²) in [4.78, 5) is 10.3. The Labute approximate surface area is 130 Å². The number of hydrogen-bond acceptors (Lipinski definition) is 5. The van der Waals surface area contributed by atoms with E-state index in [4.69, 9.17) is 5.73 Å². The summed E-state index contributed by atoms with van der Waals surface area (Å²) >= 11 is 1.60. The molecule has 0 saturated carbocycles. The molecule has 0 aliphatic carbocycles. The molecule has 1 aromatic carbocycles. The van der Waals surface area contributed by atoms with Gasteiger partial charge in [0.15, 0.2) is 5.13 Å². The van der Waals surface area contributed by atoms with Crippen LogP contribution in [0.25, 0.3) is 0 Å². The van der Waals surface area contributed by atoms with Crippen LogP contribution in [0, 0.1) is 0 Å². The van der Waals surface area contributed by atoms with E-state index >= 15 is 0 Å². The van der Waals surface area contributed by atoms with Gasteiger partial charge in [-0.05, 0) is 25.0 Å². The lowest BCUT2D eigenvalue weighted by molar-refractivity contribution is 0.205. The first-order chi connectivity index (χ1) is 10.2. The van der Waals surface area contributed by atoms with E-state index in [1.807, 2.05) is 6.20 Å². The summed E-state index contributed by atoms with van der Waals surface area (Å²) in [7, 11) is 2.21. The van der Waals surface area contributed by atoms with Crippen molar-refractivity contribution in [1.82, 2.24) is 9.88 Å². The standard InChI is InChI=1S/C16H22N4S/c1-19(13-5-3-2-4-6-13)14-7-9-20(10-8-14)12-15-11-18-16(17)21-15/h2-6,11,14H,7-10,12H2,1H3,(H2,17,18). The lowest BCUT2D eigenvalue weighted by Gasteiger charge is -2.37. The Morgan fingerprint density at radius 3 is 2.62 bits per heavy atom. The van der Waals surface area contributed by atoms with Gasteiger partial charge in [-0.1, -0.05) is 18.2 Å². The van der Waals surface area contributed by atoms with E-state index in [9.17, 15) is 0 Å². The van der Waals surface area contributed by atoms with E-state index in [1.165, 1.54) is 23.4 Å². The van der Waals surface area contributed by atoms with Crippen molar-refractivity contribution in [1.29, 1.82) is 0 Å². The molecule has 2 aromatic rings. The maximum Gasteiger partial charge on any atom is 0.180 e. The van der Waals surface area contributed by atoms with Crippen LogP contribution in [0.4, 0.5) is 10.8 Å². The maximum atomic E-state index is 5.69. The molecule has 1 aromatic heterocycles. The number of nitrogen functional groups attached to an aromatic ring is 1. The first kappa shape index (κ1) is 14.4. The molecule has 4 nitrogen and oxygen atoms in total. The van der Waals surface area contributed by atoms with Gasteiger partial charge in [0.2, 0.25) is 0 Å². The second kappa shape index (κ2) is 6.45. The highest BCUT2D eigenvalue weighted by molar-refractivity contribution is 7.15. The first-order valence-corrected chi connectivity index (χ1v) is 8.24. The zero-order valence-electron chi connectivity index (χ0n) is 12.4. The second-order valence-corrected chi connectivity index (χ2v) is 6.77. The van der Waals surface area contributed by atoms with E-state index in [0.717, 1.165) is 19.6 Å². The Bertz CT molecular complexity index is 561. The number of anilines is 2. The second-order valence-electron chi connectivity index (χ2n) is 5.62. The number of piperidine rings is 1. The summed E-state index contributed by atoms with van der Waals surface area (Å²) < 4.78 is 0. The molecule has 0 spiro atoms. The third-order valence-electron chi connectivity index (χ3n) is 4.22. The summed E-state index contributed by atoms with van der Waals surface area (Å²) in [6.45, 7) is 3.26. The molecule has 1 fully saturated rings. The van der Waals surface area contributed by atoms with Crippen molar-refractivity contribution in [2.24, 2.45) is 0 Å². The monoisotopic (exact) mass is 302 g/mol. The Kier molecular flexibility index (Phi) is 4.41. The number of thiazole rings is 1. The van der Waals surface area contributed by atoms with Crippen molar-refractivity contribution >= 4 is 22.2 Å². The largest absolute Gasteiger partial charge is 0.375 e. The molecule has 1 aliphatic heterocycles. The van der Waals surface area contributed by atoms with Crippen LogP contribution in [0.1, 0.15) is 17.7 Å². The molecule has 1 saturated heterocycles. The number of para-hydroxylation sites is 1. The zero-order valence-corrected chi connectivity index (χ0v) is 13.2. The van der Waals surface area contributed by atoms with Crippen molar-refractivity contribution in [3.63, 3.8) is 0 Å². The van der Waals surface area contributed by atoms with Crippen LogP contribution in [-0.4, -0.2) is 36.1 Å². The highest BCUT2D eigenvalue weighted by Crippen LogP contribution is 2.24. The highest BCUT2D eigenvalue weighted by atomic mass is 32.1. The fraction of sp³-hybridized carbons (Fsp3) is 0.438. The first-order valence-electron chi connectivity index (χ1n) is 7.43. The fourth-order valence-electron chi connectivity index (χ4n) is 2.95. The smallest absolute Gasteiger partial charge is 0.180 e. The number of nitrogens with two attached hydrogens (primary N) is 1. The summed E-state index contributed by atoms with van der Waals surface area (Å²) in [6, 6.07) is 11.3. The van der Waals surface area contributed by atoms with Gasteiger partial charge in [-0.15, -0.1) is 11.3 Å². The number of rotatable bonds is 4. The van der Waals surface area contributed by atoms with E-state index in [2.05, 4.69) is 52.2 Å². The van der Waals surface area contributed by atoms with Crippen molar-refractivity contribution in [3.05, 3.63) is 41.4 Å². The molecule has 0 bridgehead atoms. The Morgan fingerprint density at radius 1 is 1.29 bits per heavy atom. The number of aromatic nitrogens is 1. The van der Waals surface area contributed by atoms with E-state index < -0.39 is 0 Å². The van der Waals surface area contributed by atoms with Gasteiger partial charge < -0.3 is 10.6 Å². The number of hydrogen-bond donors (Lipinski definition) is 1. The SMILES string of the molecule is CN(c1ccccc1)C1CCN(Cc2cnc(N)s2)CC1. The molecule has 2 N–H and O–H groups in total. The van der Waals surface area contributed by atoms with E-state index in [-0.39, 0.29) is 0 Å². The minimum atomic E-state index is 0.634. The fourth-order valence-corrected chi connectivity index (χ4v) is 3.68. The van der Waals surface area contributed by atoms with Crippen LogP contribution in [-0.2, 0) is 6.54 Å². The summed E-state index contributed by atoms with van der Waals surface area (Å²) in [6.07, 6.45) is 4.32. The van der Waals surface area contributed by atoms with E-state index in [0.29, 0.717) is 11.2 Å². The van der Waals surface area contributed by atoms with Gasteiger partial charge >= 0.3 is 0 Å². The lowest BCUT2D eigenvalue weighted by Crippen LogP contribution is -2.43. The quantitative estimate of drug-likeness (QED) is 0.943. The summed E-state index contributed by atoms with van der Waals surface area (Å²) in [5.41, 5.74) is 7.00. The van der Waals surface area contributed by atoms with Gasteiger partial charge in [0.25, 0.3) is 0 Å². The molecule has 0 unspecified atom stereocenters. The third-order valence-corrected chi connectivity index (χ3v) is 5.03. The Hall–Kier alpha value is -1.59. The van der Waals surface area contributed by atoms with Gasteiger partial charge in [0.1, 0.15) is 0 Å². The molecule has 3 rings (SSSR count). The van der Waals surface area contributed by atoms with Gasteiger partial charge in [0, 0.05) is 49.5 Å². The summed E-state index contributed by atoms with van der Waals surface area (Å²) in [5.74, 6) is 0. The predicted molar refractivity (Wildman–Crippen MR) is 89.7 cm³/mol. The molecular weight excluding hydrogens is 280 g/mol. The van der Waals surface area contributed by atoms with Crippen molar-refractivity contribution in [3.8, 4) is 0 Å². The van der Waals surface area contributed by atoms with Crippen LogP contribution in [0.2, 0.25) is 0 Å². The van der Waals surface area contributed by atoms with Gasteiger partial charge in [-0.3, -0.25) is 4.90 Å². The predicted octanol–water partition coefficient (Wildman–Crippen LogP) is 2.83. The Balaban J connectivity index is 1.53. The maximum absolute atomic E-state index is 5.69.